The number of carboxylic acids is 1. The molecule has 1 N–H and O–H groups in total. The Morgan fingerprint density at radius 1 is 1.40 bits per heavy atom. The van der Waals surface area contributed by atoms with Gasteiger partial charge in [0.2, 0.25) is 20.7 Å². The van der Waals surface area contributed by atoms with E-state index >= 15 is 0 Å². The van der Waals surface area contributed by atoms with Gasteiger partial charge in [-0.05, 0) is 29.8 Å². The summed E-state index contributed by atoms with van der Waals surface area (Å²) in [5, 5.41) is 17.0. The molecule has 0 spiro atoms. The van der Waals surface area contributed by atoms with Gasteiger partial charge in [0, 0.05) is 6.20 Å². The molecule has 0 aliphatic heterocycles. The van der Waals surface area contributed by atoms with Crippen molar-refractivity contribution in [2.45, 2.75) is 10.8 Å². The second-order valence-corrected chi connectivity index (χ2v) is 5.76. The smallest absolute Gasteiger partial charge is 0.371 e. The second-order valence-electron chi connectivity index (χ2n) is 3.84. The van der Waals surface area contributed by atoms with Crippen LogP contribution in [0.1, 0.15) is 21.8 Å². The van der Waals surface area contributed by atoms with Crippen molar-refractivity contribution < 1.29 is 22.7 Å². The van der Waals surface area contributed by atoms with Gasteiger partial charge in [0.05, 0.1) is 5.75 Å². The molecular formula is C12H8N2O5S. The second kappa shape index (κ2) is 5.14. The maximum Gasteiger partial charge on any atom is 0.371 e. The predicted octanol–water partition coefficient (Wildman–Crippen LogP) is 1.22. The monoisotopic (exact) mass is 292 g/mol. The quantitative estimate of drug-likeness (QED) is 0.898. The Kier molecular flexibility index (Phi) is 3.54. The first-order chi connectivity index (χ1) is 9.42. The fourth-order valence-corrected chi connectivity index (χ4v) is 2.77. The molecule has 0 atom stereocenters. The zero-order valence-corrected chi connectivity index (χ0v) is 10.8. The third-order valence-corrected chi connectivity index (χ3v) is 3.94. The lowest BCUT2D eigenvalue weighted by Crippen LogP contribution is -2.04. The summed E-state index contributed by atoms with van der Waals surface area (Å²) in [4.78, 5) is 14.4. The molecule has 8 heteroatoms. The van der Waals surface area contributed by atoms with Gasteiger partial charge in [-0.1, -0.05) is 0 Å². The van der Waals surface area contributed by atoms with Gasteiger partial charge in [0.25, 0.3) is 0 Å². The van der Waals surface area contributed by atoms with Gasteiger partial charge in [-0.2, -0.15) is 5.26 Å². The first-order valence-electron chi connectivity index (χ1n) is 5.33. The van der Waals surface area contributed by atoms with E-state index in [9.17, 15) is 13.2 Å². The SMILES string of the molecule is N#Cc1cc(CS(=O)(=O)c2ccc(C(=O)O)o2)ccn1. The number of nitriles is 1. The van der Waals surface area contributed by atoms with E-state index in [0.29, 0.717) is 5.56 Å². The molecule has 0 bridgehead atoms. The molecule has 102 valence electrons. The van der Waals surface area contributed by atoms with Crippen molar-refractivity contribution >= 4 is 15.8 Å². The molecule has 0 radical (unpaired) electrons. The number of rotatable bonds is 4. The Morgan fingerprint density at radius 2 is 2.15 bits per heavy atom. The maximum atomic E-state index is 12.0. The molecule has 20 heavy (non-hydrogen) atoms. The molecule has 7 nitrogen and oxygen atoms in total. The summed E-state index contributed by atoms with van der Waals surface area (Å²) in [6.45, 7) is 0. The standard InChI is InChI=1S/C12H8N2O5S/c13-6-9-5-8(3-4-14-9)7-20(17,18)11-2-1-10(19-11)12(15)16/h1-5H,7H2,(H,15,16). The molecule has 2 aromatic rings. The predicted molar refractivity (Wildman–Crippen MR) is 65.5 cm³/mol. The van der Waals surface area contributed by atoms with Gasteiger partial charge in [0.1, 0.15) is 11.8 Å². The number of sulfone groups is 1. The minimum atomic E-state index is -3.82. The highest BCUT2D eigenvalue weighted by Gasteiger charge is 2.21. The largest absolute Gasteiger partial charge is 0.475 e. The van der Waals surface area contributed by atoms with Crippen LogP contribution in [-0.2, 0) is 15.6 Å². The van der Waals surface area contributed by atoms with Crippen LogP contribution in [0.3, 0.4) is 0 Å². The Labute approximate surface area is 114 Å². The van der Waals surface area contributed by atoms with E-state index in [1.165, 1.54) is 18.3 Å². The zero-order valence-electron chi connectivity index (χ0n) is 9.98. The third-order valence-electron chi connectivity index (χ3n) is 2.39. The van der Waals surface area contributed by atoms with Gasteiger partial charge in [-0.3, -0.25) is 0 Å². The molecule has 0 amide bonds. The zero-order chi connectivity index (χ0) is 14.8. The summed E-state index contributed by atoms with van der Waals surface area (Å²) in [7, 11) is -3.82. The van der Waals surface area contributed by atoms with E-state index in [2.05, 4.69) is 4.98 Å². The molecule has 0 aromatic carbocycles. The molecule has 0 aliphatic carbocycles. The highest BCUT2D eigenvalue weighted by Crippen LogP contribution is 2.19. The number of aromatic carboxylic acids is 1. The van der Waals surface area contributed by atoms with Gasteiger partial charge in [-0.25, -0.2) is 18.2 Å². The van der Waals surface area contributed by atoms with E-state index in [0.717, 1.165) is 12.1 Å². The summed E-state index contributed by atoms with van der Waals surface area (Å²) < 4.78 is 28.9. The van der Waals surface area contributed by atoms with E-state index < -0.39 is 32.4 Å². The van der Waals surface area contributed by atoms with Gasteiger partial charge < -0.3 is 9.52 Å². The first kappa shape index (κ1) is 13.8. The normalized spacial score (nSPS) is 10.9. The topological polar surface area (TPSA) is 121 Å². The summed E-state index contributed by atoms with van der Waals surface area (Å²) >= 11 is 0. The lowest BCUT2D eigenvalue weighted by Gasteiger charge is -2.01. The van der Waals surface area contributed by atoms with Crippen LogP contribution in [0.15, 0.2) is 40.0 Å². The fraction of sp³-hybridized carbons (Fsp3) is 0.0833. The Balaban J connectivity index is 2.30. The van der Waals surface area contributed by atoms with Crippen LogP contribution in [0.4, 0.5) is 0 Å². The van der Waals surface area contributed by atoms with Gasteiger partial charge in [-0.15, -0.1) is 0 Å². The molecule has 2 heterocycles. The number of carbonyl (C=O) groups is 1. The Bertz CT molecular complexity index is 801. The number of hydrogen-bond donors (Lipinski definition) is 1. The number of nitrogens with zero attached hydrogens (tertiary/aromatic N) is 2. The van der Waals surface area contributed by atoms with Crippen molar-refractivity contribution in [3.8, 4) is 6.07 Å². The van der Waals surface area contributed by atoms with Crippen LogP contribution >= 0.6 is 0 Å². The van der Waals surface area contributed by atoms with Gasteiger partial charge in [0.15, 0.2) is 0 Å². The summed E-state index contributed by atoms with van der Waals surface area (Å²) in [6.07, 6.45) is 1.33. The van der Waals surface area contributed by atoms with Crippen molar-refractivity contribution in [1.29, 1.82) is 5.26 Å². The van der Waals surface area contributed by atoms with Crippen molar-refractivity contribution in [3.63, 3.8) is 0 Å². The van der Waals surface area contributed by atoms with Crippen LogP contribution in [0, 0.1) is 11.3 Å². The van der Waals surface area contributed by atoms with E-state index in [1.807, 2.05) is 0 Å². The van der Waals surface area contributed by atoms with Crippen molar-refractivity contribution in [2.75, 3.05) is 0 Å². The molecule has 0 saturated heterocycles. The van der Waals surface area contributed by atoms with Crippen LogP contribution in [0.2, 0.25) is 0 Å². The first-order valence-corrected chi connectivity index (χ1v) is 6.98. The molecule has 0 saturated carbocycles. The summed E-state index contributed by atoms with van der Waals surface area (Å²) in [6, 6.07) is 6.77. The highest BCUT2D eigenvalue weighted by atomic mass is 32.2. The van der Waals surface area contributed by atoms with E-state index in [-0.39, 0.29) is 5.69 Å². The maximum absolute atomic E-state index is 12.0. The number of carboxylic acid groups (broad SMARTS) is 1. The number of aromatic nitrogens is 1. The number of hydrogen-bond acceptors (Lipinski definition) is 6. The van der Waals surface area contributed by atoms with Crippen LogP contribution in [0.25, 0.3) is 0 Å². The van der Waals surface area contributed by atoms with Crippen LogP contribution < -0.4 is 0 Å². The number of furan rings is 1. The molecular weight excluding hydrogens is 284 g/mol. The van der Waals surface area contributed by atoms with E-state index in [1.54, 1.807) is 6.07 Å². The van der Waals surface area contributed by atoms with Crippen molar-refractivity contribution in [1.82, 2.24) is 4.98 Å². The minimum absolute atomic E-state index is 0.100. The number of pyridine rings is 1. The summed E-state index contributed by atoms with van der Waals surface area (Å²) in [5.41, 5.74) is 0.466. The molecule has 2 rings (SSSR count). The molecule has 2 aromatic heterocycles. The van der Waals surface area contributed by atoms with E-state index in [4.69, 9.17) is 14.8 Å². The Morgan fingerprint density at radius 3 is 2.75 bits per heavy atom. The van der Waals surface area contributed by atoms with Crippen molar-refractivity contribution in [2.24, 2.45) is 0 Å². The lowest BCUT2D eigenvalue weighted by molar-refractivity contribution is 0.0656. The van der Waals surface area contributed by atoms with Crippen LogP contribution in [0.5, 0.6) is 0 Å². The Hall–Kier alpha value is -2.66. The fourth-order valence-electron chi connectivity index (χ4n) is 1.52. The van der Waals surface area contributed by atoms with Crippen LogP contribution in [-0.4, -0.2) is 24.5 Å². The molecule has 0 unspecified atom stereocenters. The average Bonchev–Trinajstić information content (AvgIpc) is 2.89. The molecule has 0 fully saturated rings. The minimum Gasteiger partial charge on any atom is -0.475 e. The van der Waals surface area contributed by atoms with Crippen molar-refractivity contribution in [3.05, 3.63) is 47.5 Å². The highest BCUT2D eigenvalue weighted by molar-refractivity contribution is 7.90. The summed E-state index contributed by atoms with van der Waals surface area (Å²) in [5.74, 6) is -2.20. The third kappa shape index (κ3) is 2.84. The average molecular weight is 292 g/mol. The lowest BCUT2D eigenvalue weighted by atomic mass is 10.2. The van der Waals surface area contributed by atoms with Gasteiger partial charge >= 0.3 is 5.97 Å². The molecule has 0 aliphatic rings.